The van der Waals surface area contributed by atoms with E-state index in [1.54, 1.807) is 12.1 Å². The van der Waals surface area contributed by atoms with Crippen LogP contribution in [0.4, 0.5) is 0 Å². The highest BCUT2D eigenvalue weighted by Crippen LogP contribution is 2.11. The maximum Gasteiger partial charge on any atom is 0.158 e. The van der Waals surface area contributed by atoms with E-state index >= 15 is 0 Å². The first-order valence-corrected chi connectivity index (χ1v) is 3.16. The summed E-state index contributed by atoms with van der Waals surface area (Å²) in [5, 5.41) is 0. The number of thiophene rings is 1. The van der Waals surface area contributed by atoms with E-state index in [0.717, 1.165) is 6.29 Å². The molecule has 9 heavy (non-hydrogen) atoms. The Kier molecular flexibility index (Phi) is 1.66. The number of carbonyl (C=O) groups excluding carboxylic acids is 1. The molecule has 1 nitrogen and oxygen atoms in total. The first-order valence-electron chi connectivity index (χ1n) is 2.34. The molecule has 0 unspecified atom stereocenters. The zero-order valence-corrected chi connectivity index (χ0v) is 5.37. The van der Waals surface area contributed by atoms with E-state index in [1.165, 1.54) is 11.3 Å². The van der Waals surface area contributed by atoms with Gasteiger partial charge in [0.15, 0.2) is 6.29 Å². The number of hydrogen-bond acceptors (Lipinski definition) is 2. The third kappa shape index (κ3) is 1.18. The predicted octanol–water partition coefficient (Wildman–Crippen LogP) is 1.50. The van der Waals surface area contributed by atoms with Crippen LogP contribution in [-0.4, -0.2) is 6.29 Å². The largest absolute Gasteiger partial charge is 0.365 e. The van der Waals surface area contributed by atoms with Crippen LogP contribution in [-0.2, 0) is 0 Å². The van der Waals surface area contributed by atoms with Gasteiger partial charge in [0.05, 0.1) is 0 Å². The van der Waals surface area contributed by atoms with Crippen molar-refractivity contribution < 1.29 is 4.79 Å². The molecule has 1 rings (SSSR count). The maximum atomic E-state index is 10.1. The van der Waals surface area contributed by atoms with Gasteiger partial charge in [0.2, 0.25) is 0 Å². The van der Waals surface area contributed by atoms with Gasteiger partial charge in [-0.2, -0.15) is 0 Å². The molecule has 0 amide bonds. The highest BCUT2D eigenvalue weighted by molar-refractivity contribution is 7.14. The molecule has 0 aliphatic heterocycles. The summed E-state index contributed by atoms with van der Waals surface area (Å²) < 4.78 is 0. The van der Waals surface area contributed by atoms with Crippen LogP contribution in [0.15, 0.2) is 12.1 Å². The quantitative estimate of drug-likeness (QED) is 0.324. The molecule has 0 bridgehead atoms. The summed E-state index contributed by atoms with van der Waals surface area (Å²) in [6.45, 7) is 0. The van der Waals surface area contributed by atoms with Crippen molar-refractivity contribution >= 4 is 17.6 Å². The topological polar surface area (TPSA) is 17.1 Å². The van der Waals surface area contributed by atoms with Gasteiger partial charge in [0.1, 0.15) is 0 Å². The SMILES string of the molecule is [C-]#Cc1ccc(C=O)s1. The Hall–Kier alpha value is -1.07. The molecule has 0 N–H and O–H groups in total. The van der Waals surface area contributed by atoms with E-state index in [2.05, 4.69) is 5.92 Å². The molecule has 0 atom stereocenters. The molecule has 0 aliphatic rings. The Morgan fingerprint density at radius 3 is 2.78 bits per heavy atom. The van der Waals surface area contributed by atoms with Gasteiger partial charge in [0, 0.05) is 4.88 Å². The van der Waals surface area contributed by atoms with Crippen molar-refractivity contribution in [1.82, 2.24) is 0 Å². The van der Waals surface area contributed by atoms with Crippen molar-refractivity contribution in [3.8, 4) is 5.92 Å². The second-order valence-electron chi connectivity index (χ2n) is 1.44. The van der Waals surface area contributed by atoms with Crippen LogP contribution in [0.3, 0.4) is 0 Å². The summed E-state index contributed by atoms with van der Waals surface area (Å²) in [4.78, 5) is 11.4. The second kappa shape index (κ2) is 2.47. The van der Waals surface area contributed by atoms with Gasteiger partial charge in [0.25, 0.3) is 0 Å². The van der Waals surface area contributed by atoms with Crippen LogP contribution in [0.25, 0.3) is 0 Å². The molecule has 0 saturated heterocycles. The van der Waals surface area contributed by atoms with Crippen LogP contribution < -0.4 is 0 Å². The Labute approximate surface area is 57.3 Å². The van der Waals surface area contributed by atoms with Crippen molar-refractivity contribution in [2.24, 2.45) is 0 Å². The molecule has 1 heterocycles. The minimum atomic E-state index is 0.643. The molecule has 0 saturated carbocycles. The minimum Gasteiger partial charge on any atom is -0.365 e. The number of hydrogen-bond donors (Lipinski definition) is 0. The van der Waals surface area contributed by atoms with Gasteiger partial charge in [-0.25, -0.2) is 11.3 Å². The zero-order chi connectivity index (χ0) is 6.69. The molecule has 0 aromatic carbocycles. The summed E-state index contributed by atoms with van der Waals surface area (Å²) >= 11 is 1.27. The number of carbonyl (C=O) groups is 1. The van der Waals surface area contributed by atoms with Gasteiger partial charge in [-0.15, -0.1) is 6.07 Å². The smallest absolute Gasteiger partial charge is 0.158 e. The molecule has 0 aliphatic carbocycles. The summed E-state index contributed by atoms with van der Waals surface area (Å²) in [5.74, 6) is 2.19. The highest BCUT2D eigenvalue weighted by atomic mass is 32.1. The zero-order valence-electron chi connectivity index (χ0n) is 4.55. The van der Waals surface area contributed by atoms with E-state index in [-0.39, 0.29) is 0 Å². The van der Waals surface area contributed by atoms with Crippen LogP contribution in [0, 0.1) is 12.3 Å². The molecule has 0 fully saturated rings. The van der Waals surface area contributed by atoms with E-state index in [0.29, 0.717) is 9.75 Å². The fourth-order valence-corrected chi connectivity index (χ4v) is 1.11. The minimum absolute atomic E-state index is 0.643. The van der Waals surface area contributed by atoms with Gasteiger partial charge >= 0.3 is 0 Å². The average molecular weight is 135 g/mol. The summed E-state index contributed by atoms with van der Waals surface area (Å²) in [7, 11) is 0. The Morgan fingerprint density at radius 1 is 1.67 bits per heavy atom. The van der Waals surface area contributed by atoms with Crippen molar-refractivity contribution in [3.63, 3.8) is 0 Å². The molecular formula is C7H3OS-. The fourth-order valence-electron chi connectivity index (χ4n) is 0.483. The fraction of sp³-hybridized carbons (Fsp3) is 0. The summed E-state index contributed by atoms with van der Waals surface area (Å²) in [6, 6.07) is 3.37. The normalized spacial score (nSPS) is 8.33. The lowest BCUT2D eigenvalue weighted by Gasteiger charge is -1.83. The van der Waals surface area contributed by atoms with Gasteiger partial charge in [-0.05, 0) is 0 Å². The highest BCUT2D eigenvalue weighted by Gasteiger charge is 1.85. The Balaban J connectivity index is 3.03. The molecule has 0 spiro atoms. The van der Waals surface area contributed by atoms with E-state index in [4.69, 9.17) is 6.42 Å². The van der Waals surface area contributed by atoms with E-state index < -0.39 is 0 Å². The standard InChI is InChI=1S/C7H3OS/c1-2-6-3-4-7(5-8)9-6/h3-5H/q-1. The summed E-state index contributed by atoms with van der Waals surface area (Å²) in [6.07, 6.45) is 7.45. The molecule has 0 radical (unpaired) electrons. The average Bonchev–Trinajstić information content (AvgIpc) is 2.34. The molecular weight excluding hydrogens is 132 g/mol. The van der Waals surface area contributed by atoms with Gasteiger partial charge < -0.3 is 6.42 Å². The molecule has 2 heteroatoms. The third-order valence-electron chi connectivity index (χ3n) is 0.866. The van der Waals surface area contributed by atoms with Crippen LogP contribution in [0.2, 0.25) is 0 Å². The predicted molar refractivity (Wildman–Crippen MR) is 35.9 cm³/mol. The number of rotatable bonds is 1. The van der Waals surface area contributed by atoms with Crippen molar-refractivity contribution in [1.29, 1.82) is 0 Å². The van der Waals surface area contributed by atoms with Gasteiger partial charge in [-0.1, -0.05) is 10.9 Å². The lowest BCUT2D eigenvalue weighted by atomic mass is 10.4. The molecule has 1 aromatic rings. The third-order valence-corrected chi connectivity index (χ3v) is 1.79. The van der Waals surface area contributed by atoms with E-state index in [9.17, 15) is 4.79 Å². The number of aldehydes is 1. The van der Waals surface area contributed by atoms with Crippen molar-refractivity contribution in [2.75, 3.05) is 0 Å². The lowest BCUT2D eigenvalue weighted by molar-refractivity contribution is 0.112. The first-order chi connectivity index (χ1) is 4.36. The lowest BCUT2D eigenvalue weighted by Crippen LogP contribution is -1.61. The molecule has 44 valence electrons. The second-order valence-corrected chi connectivity index (χ2v) is 2.56. The Morgan fingerprint density at radius 2 is 2.44 bits per heavy atom. The van der Waals surface area contributed by atoms with Crippen molar-refractivity contribution in [3.05, 3.63) is 28.3 Å². The summed E-state index contributed by atoms with van der Waals surface area (Å²) in [5.41, 5.74) is 0. The van der Waals surface area contributed by atoms with Crippen LogP contribution in [0.5, 0.6) is 0 Å². The molecule has 1 aromatic heterocycles. The Bertz CT molecular complexity index is 254. The monoisotopic (exact) mass is 135 g/mol. The first kappa shape index (κ1) is 6.06. The van der Waals surface area contributed by atoms with E-state index in [1.807, 2.05) is 0 Å². The maximum absolute atomic E-state index is 10.1. The van der Waals surface area contributed by atoms with Gasteiger partial charge in [-0.3, -0.25) is 10.7 Å². The van der Waals surface area contributed by atoms with Crippen LogP contribution in [0.1, 0.15) is 14.5 Å². The van der Waals surface area contributed by atoms with Crippen molar-refractivity contribution in [2.45, 2.75) is 0 Å². The van der Waals surface area contributed by atoms with Crippen LogP contribution >= 0.6 is 11.3 Å².